The highest BCUT2D eigenvalue weighted by molar-refractivity contribution is 7.10. The third-order valence-electron chi connectivity index (χ3n) is 2.66. The van der Waals surface area contributed by atoms with Gasteiger partial charge < -0.3 is 0 Å². The van der Waals surface area contributed by atoms with Crippen LogP contribution < -0.4 is 0 Å². The SMILES string of the molecule is CC(C)C(C#N)c1nc(-c2ccccc2)cs1. The Kier molecular flexibility index (Phi) is 3.55. The van der Waals surface area contributed by atoms with E-state index in [0.29, 0.717) is 5.92 Å². The lowest BCUT2D eigenvalue weighted by Gasteiger charge is -2.08. The molecule has 2 nitrogen and oxygen atoms in total. The largest absolute Gasteiger partial charge is 0.240 e. The third-order valence-corrected chi connectivity index (χ3v) is 3.59. The molecular formula is C14H14N2S. The minimum Gasteiger partial charge on any atom is -0.240 e. The minimum atomic E-state index is -0.0996. The summed E-state index contributed by atoms with van der Waals surface area (Å²) in [6.07, 6.45) is 0. The molecular weight excluding hydrogens is 228 g/mol. The van der Waals surface area contributed by atoms with Crippen LogP contribution in [-0.4, -0.2) is 4.98 Å². The van der Waals surface area contributed by atoms with E-state index in [0.717, 1.165) is 16.3 Å². The number of rotatable bonds is 3. The Hall–Kier alpha value is -1.66. The molecule has 0 aliphatic heterocycles. The first kappa shape index (κ1) is 11.8. The van der Waals surface area contributed by atoms with Gasteiger partial charge in [-0.05, 0) is 5.92 Å². The summed E-state index contributed by atoms with van der Waals surface area (Å²) in [5.41, 5.74) is 2.07. The molecule has 0 radical (unpaired) electrons. The maximum Gasteiger partial charge on any atom is 0.111 e. The Morgan fingerprint density at radius 2 is 1.94 bits per heavy atom. The van der Waals surface area contributed by atoms with Crippen molar-refractivity contribution in [2.45, 2.75) is 19.8 Å². The van der Waals surface area contributed by atoms with E-state index in [1.165, 1.54) is 0 Å². The van der Waals surface area contributed by atoms with Crippen LogP contribution >= 0.6 is 11.3 Å². The van der Waals surface area contributed by atoms with Crippen LogP contribution in [0.1, 0.15) is 24.8 Å². The van der Waals surface area contributed by atoms with Gasteiger partial charge in [-0.1, -0.05) is 44.2 Å². The molecule has 3 heteroatoms. The molecule has 0 saturated heterocycles. The predicted molar refractivity (Wildman–Crippen MR) is 70.7 cm³/mol. The topological polar surface area (TPSA) is 36.7 Å². The van der Waals surface area contributed by atoms with Crippen LogP contribution in [0.15, 0.2) is 35.7 Å². The number of aromatic nitrogens is 1. The van der Waals surface area contributed by atoms with Gasteiger partial charge in [0.1, 0.15) is 10.9 Å². The van der Waals surface area contributed by atoms with Crippen molar-refractivity contribution in [1.82, 2.24) is 4.98 Å². The molecule has 86 valence electrons. The highest BCUT2D eigenvalue weighted by Gasteiger charge is 2.18. The van der Waals surface area contributed by atoms with Crippen LogP contribution in [-0.2, 0) is 0 Å². The molecule has 0 bridgehead atoms. The Morgan fingerprint density at radius 1 is 1.24 bits per heavy atom. The second kappa shape index (κ2) is 5.11. The van der Waals surface area contributed by atoms with Gasteiger partial charge in [-0.25, -0.2) is 4.98 Å². The van der Waals surface area contributed by atoms with Crippen molar-refractivity contribution >= 4 is 11.3 Å². The highest BCUT2D eigenvalue weighted by Crippen LogP contribution is 2.30. The summed E-state index contributed by atoms with van der Waals surface area (Å²) in [7, 11) is 0. The number of thiazole rings is 1. The molecule has 0 amide bonds. The maximum absolute atomic E-state index is 9.15. The van der Waals surface area contributed by atoms with Crippen molar-refractivity contribution < 1.29 is 0 Å². The molecule has 0 fully saturated rings. The zero-order valence-electron chi connectivity index (χ0n) is 9.92. The van der Waals surface area contributed by atoms with Gasteiger partial charge in [0.15, 0.2) is 0 Å². The summed E-state index contributed by atoms with van der Waals surface area (Å²) in [4.78, 5) is 4.57. The van der Waals surface area contributed by atoms with Crippen LogP contribution in [0.5, 0.6) is 0 Å². The first-order chi connectivity index (χ1) is 8.22. The van der Waals surface area contributed by atoms with Crippen molar-refractivity contribution in [2.75, 3.05) is 0 Å². The average molecular weight is 242 g/mol. The zero-order valence-corrected chi connectivity index (χ0v) is 10.7. The molecule has 0 aliphatic carbocycles. The Bertz CT molecular complexity index is 523. The second-order valence-electron chi connectivity index (χ2n) is 4.29. The number of hydrogen-bond donors (Lipinski definition) is 0. The number of benzene rings is 1. The maximum atomic E-state index is 9.15. The summed E-state index contributed by atoms with van der Waals surface area (Å²) in [6, 6.07) is 12.4. The first-order valence-electron chi connectivity index (χ1n) is 5.63. The fourth-order valence-corrected chi connectivity index (χ4v) is 2.71. The quantitative estimate of drug-likeness (QED) is 0.813. The monoisotopic (exact) mass is 242 g/mol. The van der Waals surface area contributed by atoms with Crippen molar-refractivity contribution in [1.29, 1.82) is 5.26 Å². The lowest BCUT2D eigenvalue weighted by molar-refractivity contribution is 0.585. The normalized spacial score (nSPS) is 12.4. The van der Waals surface area contributed by atoms with Gasteiger partial charge in [0, 0.05) is 10.9 Å². The molecule has 1 aromatic heterocycles. The summed E-state index contributed by atoms with van der Waals surface area (Å²) in [5, 5.41) is 12.1. The van der Waals surface area contributed by atoms with Gasteiger partial charge in [-0.2, -0.15) is 5.26 Å². The smallest absolute Gasteiger partial charge is 0.111 e. The predicted octanol–water partition coefficient (Wildman–Crippen LogP) is 4.07. The van der Waals surface area contributed by atoms with E-state index in [-0.39, 0.29) is 5.92 Å². The minimum absolute atomic E-state index is 0.0996. The fourth-order valence-electron chi connectivity index (χ4n) is 1.66. The fraction of sp³-hybridized carbons (Fsp3) is 0.286. The molecule has 0 N–H and O–H groups in total. The lowest BCUT2D eigenvalue weighted by Crippen LogP contribution is -2.03. The molecule has 1 heterocycles. The third kappa shape index (κ3) is 2.54. The van der Waals surface area contributed by atoms with Crippen molar-refractivity contribution in [3.63, 3.8) is 0 Å². The summed E-state index contributed by atoms with van der Waals surface area (Å²) >= 11 is 1.57. The van der Waals surface area contributed by atoms with Gasteiger partial charge in [0.25, 0.3) is 0 Å². The van der Waals surface area contributed by atoms with Gasteiger partial charge in [0.05, 0.1) is 11.8 Å². The molecule has 2 rings (SSSR count). The van der Waals surface area contributed by atoms with Crippen LogP contribution in [0.3, 0.4) is 0 Å². The molecule has 1 unspecified atom stereocenters. The van der Waals surface area contributed by atoms with E-state index >= 15 is 0 Å². The summed E-state index contributed by atoms with van der Waals surface area (Å²) < 4.78 is 0. The number of nitrogens with zero attached hydrogens (tertiary/aromatic N) is 2. The average Bonchev–Trinajstić information content (AvgIpc) is 2.80. The Balaban J connectivity index is 2.31. The van der Waals surface area contributed by atoms with Crippen molar-refractivity contribution in [3.8, 4) is 17.3 Å². The van der Waals surface area contributed by atoms with E-state index in [1.807, 2.05) is 35.7 Å². The van der Waals surface area contributed by atoms with Crippen molar-refractivity contribution in [2.24, 2.45) is 5.92 Å². The Labute approximate surface area is 106 Å². The zero-order chi connectivity index (χ0) is 12.3. The molecule has 0 spiro atoms. The van der Waals surface area contributed by atoms with Gasteiger partial charge >= 0.3 is 0 Å². The number of hydrogen-bond acceptors (Lipinski definition) is 3. The van der Waals surface area contributed by atoms with Gasteiger partial charge in [0.2, 0.25) is 0 Å². The Morgan fingerprint density at radius 3 is 2.53 bits per heavy atom. The molecule has 0 saturated carbocycles. The lowest BCUT2D eigenvalue weighted by atomic mass is 9.98. The van der Waals surface area contributed by atoms with E-state index in [2.05, 4.69) is 24.9 Å². The van der Waals surface area contributed by atoms with Crippen LogP contribution in [0, 0.1) is 17.2 Å². The molecule has 2 aromatic rings. The summed E-state index contributed by atoms with van der Waals surface area (Å²) in [5.74, 6) is 0.201. The van der Waals surface area contributed by atoms with Crippen LogP contribution in [0.2, 0.25) is 0 Å². The summed E-state index contributed by atoms with van der Waals surface area (Å²) in [6.45, 7) is 4.11. The van der Waals surface area contributed by atoms with Gasteiger partial charge in [-0.3, -0.25) is 0 Å². The molecule has 1 atom stereocenters. The highest BCUT2D eigenvalue weighted by atomic mass is 32.1. The van der Waals surface area contributed by atoms with E-state index < -0.39 is 0 Å². The van der Waals surface area contributed by atoms with E-state index in [9.17, 15) is 0 Å². The number of nitriles is 1. The molecule has 0 aliphatic rings. The van der Waals surface area contributed by atoms with Crippen molar-refractivity contribution in [3.05, 3.63) is 40.7 Å². The van der Waals surface area contributed by atoms with Crippen LogP contribution in [0.4, 0.5) is 0 Å². The molecule has 1 aromatic carbocycles. The standard InChI is InChI=1S/C14H14N2S/c1-10(2)12(8-15)14-16-13(9-17-14)11-6-4-3-5-7-11/h3-7,9-10,12H,1-2H3. The van der Waals surface area contributed by atoms with Gasteiger partial charge in [-0.15, -0.1) is 11.3 Å². The van der Waals surface area contributed by atoms with Crippen LogP contribution in [0.25, 0.3) is 11.3 Å². The van der Waals surface area contributed by atoms with E-state index in [1.54, 1.807) is 11.3 Å². The second-order valence-corrected chi connectivity index (χ2v) is 5.18. The first-order valence-corrected chi connectivity index (χ1v) is 6.51. The molecule has 17 heavy (non-hydrogen) atoms. The van der Waals surface area contributed by atoms with E-state index in [4.69, 9.17) is 5.26 Å².